The molecule has 0 fully saturated rings. The number of fused-ring (bicyclic) bond motifs is 1. The summed E-state index contributed by atoms with van der Waals surface area (Å²) in [7, 11) is 0. The molecule has 0 spiro atoms. The van der Waals surface area contributed by atoms with Crippen LogP contribution in [0.15, 0.2) is 18.2 Å². The maximum absolute atomic E-state index is 13.5. The van der Waals surface area contributed by atoms with Crippen molar-refractivity contribution in [2.24, 2.45) is 5.84 Å². The highest BCUT2D eigenvalue weighted by Crippen LogP contribution is 2.24. The fraction of sp³-hybridized carbons (Fsp3) is 0.182. The summed E-state index contributed by atoms with van der Waals surface area (Å²) in [5.74, 6) is 5.65. The first-order chi connectivity index (χ1) is 7.13. The van der Waals surface area contributed by atoms with Crippen molar-refractivity contribution in [3.05, 3.63) is 35.1 Å². The van der Waals surface area contributed by atoms with E-state index in [1.165, 1.54) is 6.07 Å². The molecule has 2 rings (SSSR count). The van der Waals surface area contributed by atoms with Crippen molar-refractivity contribution < 1.29 is 4.39 Å². The van der Waals surface area contributed by atoms with Crippen LogP contribution in [0.2, 0.25) is 0 Å². The maximum atomic E-state index is 13.5. The molecule has 0 bridgehead atoms. The van der Waals surface area contributed by atoms with E-state index in [9.17, 15) is 4.39 Å². The van der Waals surface area contributed by atoms with Gasteiger partial charge in [-0.2, -0.15) is 0 Å². The monoisotopic (exact) mass is 205 g/mol. The Hall–Kier alpha value is -1.68. The third kappa shape index (κ3) is 1.53. The van der Waals surface area contributed by atoms with Gasteiger partial charge >= 0.3 is 0 Å². The standard InChI is InChI=1S/C11H12FN3/c1-6-3-4-9(12)8-5-7(2)11(15-13)14-10(6)8/h3-5H,13H2,1-2H3,(H,14,15). The zero-order chi connectivity index (χ0) is 11.0. The second-order valence-electron chi connectivity index (χ2n) is 3.56. The van der Waals surface area contributed by atoms with Crippen LogP contribution >= 0.6 is 0 Å². The lowest BCUT2D eigenvalue weighted by atomic mass is 10.1. The molecule has 1 heterocycles. The van der Waals surface area contributed by atoms with Crippen LogP contribution in [-0.4, -0.2) is 4.98 Å². The largest absolute Gasteiger partial charge is 0.308 e. The molecule has 78 valence electrons. The second kappa shape index (κ2) is 3.47. The number of hydrazine groups is 1. The second-order valence-corrected chi connectivity index (χ2v) is 3.56. The van der Waals surface area contributed by atoms with Crippen molar-refractivity contribution in [3.8, 4) is 0 Å². The van der Waals surface area contributed by atoms with E-state index in [0.717, 1.165) is 11.1 Å². The first-order valence-electron chi connectivity index (χ1n) is 4.66. The highest BCUT2D eigenvalue weighted by atomic mass is 19.1. The Kier molecular flexibility index (Phi) is 2.28. The summed E-state index contributed by atoms with van der Waals surface area (Å²) >= 11 is 0. The van der Waals surface area contributed by atoms with Crippen molar-refractivity contribution in [2.45, 2.75) is 13.8 Å². The van der Waals surface area contributed by atoms with E-state index >= 15 is 0 Å². The van der Waals surface area contributed by atoms with Gasteiger partial charge in [0.1, 0.15) is 11.6 Å². The van der Waals surface area contributed by atoms with Crippen LogP contribution in [0.1, 0.15) is 11.1 Å². The molecule has 0 saturated heterocycles. The number of pyridine rings is 1. The number of aryl methyl sites for hydroxylation is 2. The third-order valence-corrected chi connectivity index (χ3v) is 2.46. The average Bonchev–Trinajstić information content (AvgIpc) is 2.23. The Bertz CT molecular complexity index is 523. The lowest BCUT2D eigenvalue weighted by molar-refractivity contribution is 0.639. The molecule has 0 amide bonds. The summed E-state index contributed by atoms with van der Waals surface area (Å²) in [4.78, 5) is 4.28. The van der Waals surface area contributed by atoms with Crippen LogP contribution in [0, 0.1) is 19.7 Å². The lowest BCUT2D eigenvalue weighted by Gasteiger charge is -2.08. The number of aromatic nitrogens is 1. The molecular formula is C11H12FN3. The highest BCUT2D eigenvalue weighted by Gasteiger charge is 2.07. The van der Waals surface area contributed by atoms with E-state index in [-0.39, 0.29) is 5.82 Å². The molecular weight excluding hydrogens is 193 g/mol. The van der Waals surface area contributed by atoms with Crippen molar-refractivity contribution in [2.75, 3.05) is 5.43 Å². The van der Waals surface area contributed by atoms with Crippen LogP contribution in [0.3, 0.4) is 0 Å². The van der Waals surface area contributed by atoms with E-state index in [4.69, 9.17) is 5.84 Å². The van der Waals surface area contributed by atoms with Gasteiger partial charge in [0.2, 0.25) is 0 Å². The Morgan fingerprint density at radius 1 is 1.27 bits per heavy atom. The van der Waals surface area contributed by atoms with Gasteiger partial charge in [0.25, 0.3) is 0 Å². The number of nitrogen functional groups attached to an aromatic ring is 1. The quantitative estimate of drug-likeness (QED) is 0.554. The fourth-order valence-corrected chi connectivity index (χ4v) is 1.61. The molecule has 0 unspecified atom stereocenters. The third-order valence-electron chi connectivity index (χ3n) is 2.46. The molecule has 4 heteroatoms. The molecule has 3 nitrogen and oxygen atoms in total. The van der Waals surface area contributed by atoms with E-state index in [1.54, 1.807) is 12.1 Å². The molecule has 0 saturated carbocycles. The number of rotatable bonds is 1. The average molecular weight is 205 g/mol. The first kappa shape index (κ1) is 9.86. The summed E-state index contributed by atoms with van der Waals surface area (Å²) in [6, 6.07) is 4.91. The predicted molar refractivity (Wildman–Crippen MR) is 59.0 cm³/mol. The lowest BCUT2D eigenvalue weighted by Crippen LogP contribution is -2.10. The molecule has 2 aromatic rings. The van der Waals surface area contributed by atoms with E-state index in [2.05, 4.69) is 10.4 Å². The first-order valence-corrected chi connectivity index (χ1v) is 4.66. The minimum atomic E-state index is -0.255. The van der Waals surface area contributed by atoms with E-state index < -0.39 is 0 Å². The SMILES string of the molecule is Cc1cc2c(F)ccc(C)c2nc1NN. The van der Waals surface area contributed by atoms with Gasteiger partial charge in [0, 0.05) is 5.39 Å². The van der Waals surface area contributed by atoms with E-state index in [1.807, 2.05) is 13.8 Å². The summed E-state index contributed by atoms with van der Waals surface area (Å²) in [5.41, 5.74) is 4.91. The number of hydrogen-bond donors (Lipinski definition) is 2. The van der Waals surface area contributed by atoms with Gasteiger partial charge in [0.05, 0.1) is 5.52 Å². The summed E-state index contributed by atoms with van der Waals surface area (Å²) in [5, 5.41) is 0.534. The number of benzene rings is 1. The summed E-state index contributed by atoms with van der Waals surface area (Å²) in [6.07, 6.45) is 0. The van der Waals surface area contributed by atoms with Gasteiger partial charge in [-0.05, 0) is 37.1 Å². The number of nitrogens with one attached hydrogen (secondary N) is 1. The van der Waals surface area contributed by atoms with Crippen molar-refractivity contribution >= 4 is 16.7 Å². The normalized spacial score (nSPS) is 10.7. The smallest absolute Gasteiger partial charge is 0.143 e. The fourth-order valence-electron chi connectivity index (χ4n) is 1.61. The van der Waals surface area contributed by atoms with Crippen molar-refractivity contribution in [1.82, 2.24) is 4.98 Å². The Labute approximate surface area is 87.1 Å². The number of halogens is 1. The van der Waals surface area contributed by atoms with Gasteiger partial charge in [-0.25, -0.2) is 15.2 Å². The molecule has 0 atom stereocenters. The van der Waals surface area contributed by atoms with Gasteiger partial charge in [-0.3, -0.25) is 0 Å². The molecule has 1 aromatic carbocycles. The number of hydrogen-bond acceptors (Lipinski definition) is 3. The Balaban J connectivity index is 2.86. The van der Waals surface area contributed by atoms with Crippen molar-refractivity contribution in [1.29, 1.82) is 0 Å². The molecule has 0 aliphatic rings. The van der Waals surface area contributed by atoms with Crippen LogP contribution in [0.25, 0.3) is 10.9 Å². The number of anilines is 1. The minimum absolute atomic E-state index is 0.255. The number of nitrogens with two attached hydrogens (primary N) is 1. The molecule has 0 aliphatic carbocycles. The molecule has 3 N–H and O–H groups in total. The van der Waals surface area contributed by atoms with Crippen LogP contribution in [0.4, 0.5) is 10.2 Å². The van der Waals surface area contributed by atoms with Crippen LogP contribution < -0.4 is 11.3 Å². The maximum Gasteiger partial charge on any atom is 0.143 e. The van der Waals surface area contributed by atoms with Gasteiger partial charge < -0.3 is 5.43 Å². The van der Waals surface area contributed by atoms with E-state index in [0.29, 0.717) is 16.7 Å². The zero-order valence-corrected chi connectivity index (χ0v) is 8.63. The van der Waals surface area contributed by atoms with Crippen molar-refractivity contribution in [3.63, 3.8) is 0 Å². The number of nitrogens with zero attached hydrogens (tertiary/aromatic N) is 1. The van der Waals surface area contributed by atoms with Crippen LogP contribution in [0.5, 0.6) is 0 Å². The van der Waals surface area contributed by atoms with Gasteiger partial charge in [0.15, 0.2) is 0 Å². The zero-order valence-electron chi connectivity index (χ0n) is 8.63. The summed E-state index contributed by atoms with van der Waals surface area (Å²) < 4.78 is 13.5. The predicted octanol–water partition coefficient (Wildman–Crippen LogP) is 2.28. The van der Waals surface area contributed by atoms with Gasteiger partial charge in [-0.1, -0.05) is 6.07 Å². The minimum Gasteiger partial charge on any atom is -0.308 e. The van der Waals surface area contributed by atoms with Crippen LogP contribution in [-0.2, 0) is 0 Å². The Morgan fingerprint density at radius 3 is 2.67 bits per heavy atom. The molecule has 0 aliphatic heterocycles. The van der Waals surface area contributed by atoms with Gasteiger partial charge in [-0.15, -0.1) is 0 Å². The summed E-state index contributed by atoms with van der Waals surface area (Å²) in [6.45, 7) is 3.73. The highest BCUT2D eigenvalue weighted by molar-refractivity contribution is 5.84. The Morgan fingerprint density at radius 2 is 2.00 bits per heavy atom. The molecule has 0 radical (unpaired) electrons. The molecule has 15 heavy (non-hydrogen) atoms. The topological polar surface area (TPSA) is 50.9 Å². The molecule has 1 aromatic heterocycles.